The molecule has 5 nitrogen and oxygen atoms in total. The minimum atomic E-state index is -3.59. The van der Waals surface area contributed by atoms with E-state index >= 15 is 0 Å². The number of hydrogen-bond donors (Lipinski definition) is 2. The quantitative estimate of drug-likeness (QED) is 0.764. The highest BCUT2D eigenvalue weighted by Crippen LogP contribution is 2.19. The minimum Gasteiger partial charge on any atom is -0.369 e. The van der Waals surface area contributed by atoms with Crippen molar-refractivity contribution in [1.29, 1.82) is 0 Å². The molecule has 1 aromatic rings. The first-order valence-electron chi connectivity index (χ1n) is 5.05. The summed E-state index contributed by atoms with van der Waals surface area (Å²) in [6.07, 6.45) is 0. The predicted molar refractivity (Wildman–Crippen MR) is 62.9 cm³/mol. The van der Waals surface area contributed by atoms with Crippen molar-refractivity contribution in [3.63, 3.8) is 0 Å². The second kappa shape index (κ2) is 4.04. The van der Waals surface area contributed by atoms with Gasteiger partial charge >= 0.3 is 0 Å². The number of rotatable bonds is 3. The summed E-state index contributed by atoms with van der Waals surface area (Å²) >= 11 is 0. The van der Waals surface area contributed by atoms with Crippen LogP contribution in [0.2, 0.25) is 0 Å². The molecular weight excluding hydrogens is 226 g/mol. The van der Waals surface area contributed by atoms with Gasteiger partial charge in [0, 0.05) is 25.8 Å². The van der Waals surface area contributed by atoms with E-state index in [2.05, 4.69) is 10.2 Å². The van der Waals surface area contributed by atoms with Crippen molar-refractivity contribution >= 4 is 15.7 Å². The molecule has 16 heavy (non-hydrogen) atoms. The molecule has 0 spiro atoms. The molecule has 2 rings (SSSR count). The number of hydrogen-bond acceptors (Lipinski definition) is 4. The fourth-order valence-corrected chi connectivity index (χ4v) is 2.14. The summed E-state index contributed by atoms with van der Waals surface area (Å²) in [4.78, 5) is 2.28. The summed E-state index contributed by atoms with van der Waals surface area (Å²) in [5.41, 5.74) is 0.999. The highest BCUT2D eigenvalue weighted by molar-refractivity contribution is 7.89. The van der Waals surface area contributed by atoms with Crippen LogP contribution < -0.4 is 15.4 Å². The first-order chi connectivity index (χ1) is 7.48. The van der Waals surface area contributed by atoms with E-state index in [1.807, 2.05) is 7.05 Å². The number of primary sulfonamides is 1. The Labute approximate surface area is 95.3 Å². The van der Waals surface area contributed by atoms with Crippen molar-refractivity contribution in [3.8, 4) is 0 Å². The molecule has 1 aliphatic rings. The topological polar surface area (TPSA) is 75.4 Å². The first-order valence-corrected chi connectivity index (χ1v) is 6.59. The minimum absolute atomic E-state index is 0.149. The van der Waals surface area contributed by atoms with Crippen molar-refractivity contribution < 1.29 is 8.42 Å². The average Bonchev–Trinajstić information content (AvgIpc) is 2.14. The zero-order chi connectivity index (χ0) is 11.8. The van der Waals surface area contributed by atoms with Gasteiger partial charge in [0.15, 0.2) is 0 Å². The van der Waals surface area contributed by atoms with Crippen LogP contribution in [-0.2, 0) is 10.0 Å². The maximum Gasteiger partial charge on any atom is 0.238 e. The van der Waals surface area contributed by atoms with Gasteiger partial charge in [0.05, 0.1) is 10.9 Å². The van der Waals surface area contributed by atoms with Crippen molar-refractivity contribution in [2.24, 2.45) is 5.14 Å². The van der Waals surface area contributed by atoms with E-state index in [-0.39, 0.29) is 4.90 Å². The first kappa shape index (κ1) is 11.4. The number of benzene rings is 1. The largest absolute Gasteiger partial charge is 0.369 e. The second-order valence-corrected chi connectivity index (χ2v) is 5.52. The molecule has 6 heteroatoms. The van der Waals surface area contributed by atoms with Crippen LogP contribution in [0.1, 0.15) is 0 Å². The zero-order valence-corrected chi connectivity index (χ0v) is 9.87. The molecule has 1 saturated heterocycles. The molecule has 0 aliphatic carbocycles. The lowest BCUT2D eigenvalue weighted by Gasteiger charge is -2.37. The van der Waals surface area contributed by atoms with Crippen LogP contribution in [-0.4, -0.2) is 34.6 Å². The Morgan fingerprint density at radius 2 is 1.88 bits per heavy atom. The lowest BCUT2D eigenvalue weighted by Crippen LogP contribution is -2.56. The van der Waals surface area contributed by atoms with E-state index < -0.39 is 10.0 Å². The van der Waals surface area contributed by atoms with Crippen molar-refractivity contribution in [1.82, 2.24) is 5.32 Å². The monoisotopic (exact) mass is 241 g/mol. The molecule has 3 N–H and O–H groups in total. The van der Waals surface area contributed by atoms with Crippen LogP contribution in [0.25, 0.3) is 0 Å². The smallest absolute Gasteiger partial charge is 0.238 e. The summed E-state index contributed by atoms with van der Waals surface area (Å²) in [5, 5.41) is 8.22. The number of anilines is 1. The summed E-state index contributed by atoms with van der Waals surface area (Å²) in [6.45, 7) is 1.93. The number of sulfonamides is 1. The lowest BCUT2D eigenvalue weighted by molar-refractivity contribution is 0.428. The average molecular weight is 241 g/mol. The van der Waals surface area contributed by atoms with Crippen molar-refractivity contribution in [2.75, 3.05) is 25.0 Å². The van der Waals surface area contributed by atoms with Gasteiger partial charge in [-0.15, -0.1) is 0 Å². The van der Waals surface area contributed by atoms with E-state index in [0.29, 0.717) is 6.04 Å². The molecule has 0 aromatic heterocycles. The van der Waals surface area contributed by atoms with Gasteiger partial charge in [0.2, 0.25) is 10.0 Å². The maximum absolute atomic E-state index is 11.1. The molecule has 1 aromatic carbocycles. The van der Waals surface area contributed by atoms with E-state index in [4.69, 9.17) is 5.14 Å². The fraction of sp³-hybridized carbons (Fsp3) is 0.400. The summed E-state index contributed by atoms with van der Waals surface area (Å²) in [6, 6.07) is 7.11. The fourth-order valence-electron chi connectivity index (χ4n) is 1.63. The van der Waals surface area contributed by atoms with E-state index in [9.17, 15) is 8.42 Å². The van der Waals surface area contributed by atoms with Crippen LogP contribution in [0.15, 0.2) is 29.2 Å². The number of nitrogens with two attached hydrogens (primary N) is 1. The molecule has 1 aliphatic heterocycles. The highest BCUT2D eigenvalue weighted by atomic mass is 32.2. The van der Waals surface area contributed by atoms with Crippen LogP contribution >= 0.6 is 0 Å². The van der Waals surface area contributed by atoms with Crippen LogP contribution in [0, 0.1) is 0 Å². The van der Waals surface area contributed by atoms with Crippen molar-refractivity contribution in [2.45, 2.75) is 10.9 Å². The standard InChI is InChI=1S/C10H15N3O2S/c1-13(9-6-12-7-9)8-2-4-10(5-3-8)16(11,14)15/h2-5,9,12H,6-7H2,1H3,(H2,11,14,15). The number of nitrogens with zero attached hydrogens (tertiary/aromatic N) is 1. The Hall–Kier alpha value is -1.11. The summed E-state index contributed by atoms with van der Waals surface area (Å²) in [5.74, 6) is 0. The van der Waals surface area contributed by atoms with Gasteiger partial charge in [-0.3, -0.25) is 0 Å². The highest BCUT2D eigenvalue weighted by Gasteiger charge is 2.21. The molecule has 1 heterocycles. The Balaban J connectivity index is 2.18. The molecule has 0 radical (unpaired) electrons. The third kappa shape index (κ3) is 2.18. The van der Waals surface area contributed by atoms with Crippen LogP contribution in [0.3, 0.4) is 0 Å². The molecule has 0 bridgehead atoms. The SMILES string of the molecule is CN(c1ccc(S(N)(=O)=O)cc1)C1CNC1. The third-order valence-electron chi connectivity index (χ3n) is 2.88. The molecule has 0 saturated carbocycles. The van der Waals surface area contributed by atoms with Crippen molar-refractivity contribution in [3.05, 3.63) is 24.3 Å². The Kier molecular flexibility index (Phi) is 2.88. The van der Waals surface area contributed by atoms with Crippen LogP contribution in [0.5, 0.6) is 0 Å². The Bertz CT molecular complexity index is 465. The zero-order valence-electron chi connectivity index (χ0n) is 9.05. The molecular formula is C10H15N3O2S. The maximum atomic E-state index is 11.1. The second-order valence-electron chi connectivity index (χ2n) is 3.96. The van der Waals surface area contributed by atoms with Gasteiger partial charge < -0.3 is 10.2 Å². The van der Waals surface area contributed by atoms with E-state index in [1.165, 1.54) is 12.1 Å². The normalized spacial score (nSPS) is 16.9. The molecule has 88 valence electrons. The number of nitrogens with one attached hydrogen (secondary N) is 1. The summed E-state index contributed by atoms with van der Waals surface area (Å²) < 4.78 is 22.1. The van der Waals surface area contributed by atoms with E-state index in [1.54, 1.807) is 12.1 Å². The van der Waals surface area contributed by atoms with Gasteiger partial charge in [-0.1, -0.05) is 0 Å². The Morgan fingerprint density at radius 1 is 1.31 bits per heavy atom. The molecule has 0 atom stereocenters. The van der Waals surface area contributed by atoms with Gasteiger partial charge in [0.25, 0.3) is 0 Å². The predicted octanol–water partition coefficient (Wildman–Crippen LogP) is -0.258. The molecule has 0 amide bonds. The molecule has 0 unspecified atom stereocenters. The van der Waals surface area contributed by atoms with Gasteiger partial charge in [-0.2, -0.15) is 0 Å². The molecule has 1 fully saturated rings. The lowest BCUT2D eigenvalue weighted by atomic mass is 10.1. The summed E-state index contributed by atoms with van der Waals surface area (Å²) in [7, 11) is -1.59. The van der Waals surface area contributed by atoms with Gasteiger partial charge in [-0.05, 0) is 24.3 Å². The van der Waals surface area contributed by atoms with Gasteiger partial charge in [-0.25, -0.2) is 13.6 Å². The number of likely N-dealkylation sites (N-methyl/N-ethyl adjacent to an activating group) is 1. The van der Waals surface area contributed by atoms with E-state index in [0.717, 1.165) is 18.8 Å². The van der Waals surface area contributed by atoms with Gasteiger partial charge in [0.1, 0.15) is 0 Å². The third-order valence-corrected chi connectivity index (χ3v) is 3.81. The Morgan fingerprint density at radius 3 is 2.25 bits per heavy atom. The van der Waals surface area contributed by atoms with Crippen LogP contribution in [0.4, 0.5) is 5.69 Å².